The van der Waals surface area contributed by atoms with E-state index in [1.807, 2.05) is 26.0 Å². The third-order valence-corrected chi connectivity index (χ3v) is 5.14. The summed E-state index contributed by atoms with van der Waals surface area (Å²) in [6.45, 7) is 3.70. The largest absolute Gasteiger partial charge is 0.325 e. The topological polar surface area (TPSA) is 78.5 Å². The Bertz CT molecular complexity index is 671. The minimum absolute atomic E-state index is 0.0906. The highest BCUT2D eigenvalue weighted by Crippen LogP contribution is 2.38. The van der Waals surface area contributed by atoms with Crippen LogP contribution in [0.5, 0.6) is 0 Å². The zero-order valence-electron chi connectivity index (χ0n) is 14.1. The average molecular weight is 329 g/mol. The SMILES string of the molecule is Cc1ccc(NC(=O)CN2C(=O)N[C@]3(CCCC[C@H]3C)C2=O)cc1. The summed E-state index contributed by atoms with van der Waals surface area (Å²) in [5.41, 5.74) is 0.924. The van der Waals surface area contributed by atoms with E-state index in [-0.39, 0.29) is 24.3 Å². The molecule has 1 aliphatic heterocycles. The summed E-state index contributed by atoms with van der Waals surface area (Å²) in [5.74, 6) is -0.547. The molecule has 0 radical (unpaired) electrons. The van der Waals surface area contributed by atoms with Crippen LogP contribution < -0.4 is 10.6 Å². The number of rotatable bonds is 3. The maximum absolute atomic E-state index is 12.8. The van der Waals surface area contributed by atoms with Crippen LogP contribution in [0.15, 0.2) is 24.3 Å². The highest BCUT2D eigenvalue weighted by molar-refractivity contribution is 6.10. The van der Waals surface area contributed by atoms with Crippen molar-refractivity contribution in [2.45, 2.75) is 45.1 Å². The molecule has 1 saturated carbocycles. The fraction of sp³-hybridized carbons (Fsp3) is 0.500. The number of amides is 4. The molecule has 2 fully saturated rings. The van der Waals surface area contributed by atoms with Crippen molar-refractivity contribution < 1.29 is 14.4 Å². The first kappa shape index (κ1) is 16.5. The molecule has 1 aromatic rings. The zero-order valence-corrected chi connectivity index (χ0v) is 14.1. The van der Waals surface area contributed by atoms with Gasteiger partial charge in [-0.25, -0.2) is 4.79 Å². The van der Waals surface area contributed by atoms with Crippen LogP contribution in [-0.4, -0.2) is 34.8 Å². The summed E-state index contributed by atoms with van der Waals surface area (Å²) < 4.78 is 0. The molecule has 1 aliphatic carbocycles. The predicted molar refractivity (Wildman–Crippen MR) is 90.4 cm³/mol. The van der Waals surface area contributed by atoms with E-state index in [9.17, 15) is 14.4 Å². The summed E-state index contributed by atoms with van der Waals surface area (Å²) in [6.07, 6.45) is 3.55. The molecule has 6 heteroatoms. The Morgan fingerprint density at radius 3 is 2.67 bits per heavy atom. The van der Waals surface area contributed by atoms with Gasteiger partial charge in [-0.1, -0.05) is 37.5 Å². The maximum Gasteiger partial charge on any atom is 0.325 e. The first-order chi connectivity index (χ1) is 11.4. The van der Waals surface area contributed by atoms with Gasteiger partial charge in [-0.2, -0.15) is 0 Å². The monoisotopic (exact) mass is 329 g/mol. The van der Waals surface area contributed by atoms with Crippen LogP contribution in [0.2, 0.25) is 0 Å². The van der Waals surface area contributed by atoms with E-state index in [0.717, 1.165) is 29.7 Å². The Morgan fingerprint density at radius 2 is 2.00 bits per heavy atom. The zero-order chi connectivity index (χ0) is 17.3. The van der Waals surface area contributed by atoms with Gasteiger partial charge in [0.2, 0.25) is 5.91 Å². The van der Waals surface area contributed by atoms with Crippen LogP contribution in [0.4, 0.5) is 10.5 Å². The molecule has 0 aromatic heterocycles. The van der Waals surface area contributed by atoms with Crippen LogP contribution in [-0.2, 0) is 9.59 Å². The number of nitrogens with one attached hydrogen (secondary N) is 2. The van der Waals surface area contributed by atoms with E-state index in [1.165, 1.54) is 0 Å². The molecule has 1 saturated heterocycles. The summed E-state index contributed by atoms with van der Waals surface area (Å²) in [4.78, 5) is 38.3. The van der Waals surface area contributed by atoms with E-state index in [0.29, 0.717) is 12.1 Å². The van der Waals surface area contributed by atoms with Gasteiger partial charge in [0.15, 0.2) is 0 Å². The Kier molecular flexibility index (Phi) is 4.30. The quantitative estimate of drug-likeness (QED) is 0.836. The fourth-order valence-corrected chi connectivity index (χ4v) is 3.62. The van der Waals surface area contributed by atoms with Crippen LogP contribution >= 0.6 is 0 Å². The van der Waals surface area contributed by atoms with Crippen molar-refractivity contribution in [3.05, 3.63) is 29.8 Å². The van der Waals surface area contributed by atoms with E-state index in [2.05, 4.69) is 10.6 Å². The summed E-state index contributed by atoms with van der Waals surface area (Å²) in [7, 11) is 0. The average Bonchev–Trinajstić information content (AvgIpc) is 2.78. The Balaban J connectivity index is 1.68. The van der Waals surface area contributed by atoms with Crippen LogP contribution in [0.1, 0.15) is 38.2 Å². The molecule has 3 rings (SSSR count). The molecule has 0 bridgehead atoms. The molecule has 24 heavy (non-hydrogen) atoms. The van der Waals surface area contributed by atoms with Crippen molar-refractivity contribution >= 4 is 23.5 Å². The highest BCUT2D eigenvalue weighted by atomic mass is 16.2. The second-order valence-corrected chi connectivity index (χ2v) is 6.85. The first-order valence-corrected chi connectivity index (χ1v) is 8.43. The highest BCUT2D eigenvalue weighted by Gasteiger charge is 2.55. The maximum atomic E-state index is 12.8. The number of urea groups is 1. The third kappa shape index (κ3) is 2.88. The number of benzene rings is 1. The number of hydrogen-bond donors (Lipinski definition) is 2. The second-order valence-electron chi connectivity index (χ2n) is 6.85. The van der Waals surface area contributed by atoms with Gasteiger partial charge in [0.05, 0.1) is 0 Å². The molecule has 2 aliphatic rings. The molecule has 2 atom stereocenters. The normalized spacial score (nSPS) is 26.6. The summed E-state index contributed by atoms with van der Waals surface area (Å²) in [6, 6.07) is 6.91. The van der Waals surface area contributed by atoms with Gasteiger partial charge in [0.1, 0.15) is 12.1 Å². The van der Waals surface area contributed by atoms with E-state index < -0.39 is 11.6 Å². The van der Waals surface area contributed by atoms with Gasteiger partial charge < -0.3 is 10.6 Å². The molecule has 6 nitrogen and oxygen atoms in total. The molecule has 0 unspecified atom stereocenters. The Morgan fingerprint density at radius 1 is 1.29 bits per heavy atom. The van der Waals surface area contributed by atoms with Crippen LogP contribution in [0.3, 0.4) is 0 Å². The number of hydrogen-bond acceptors (Lipinski definition) is 3. The number of anilines is 1. The molecular weight excluding hydrogens is 306 g/mol. The van der Waals surface area contributed by atoms with Gasteiger partial charge in [-0.3, -0.25) is 14.5 Å². The first-order valence-electron chi connectivity index (χ1n) is 8.43. The van der Waals surface area contributed by atoms with Crippen LogP contribution in [0, 0.1) is 12.8 Å². The molecule has 1 spiro atoms. The van der Waals surface area contributed by atoms with Gasteiger partial charge in [-0.15, -0.1) is 0 Å². The number of aryl methyl sites for hydroxylation is 1. The van der Waals surface area contributed by atoms with Gasteiger partial charge in [0, 0.05) is 5.69 Å². The minimum atomic E-state index is -0.820. The van der Waals surface area contributed by atoms with Crippen molar-refractivity contribution in [1.82, 2.24) is 10.2 Å². The van der Waals surface area contributed by atoms with Crippen molar-refractivity contribution in [1.29, 1.82) is 0 Å². The Hall–Kier alpha value is -2.37. The second kappa shape index (κ2) is 6.26. The van der Waals surface area contributed by atoms with E-state index in [4.69, 9.17) is 0 Å². The smallest absolute Gasteiger partial charge is 0.325 e. The van der Waals surface area contributed by atoms with Crippen molar-refractivity contribution in [2.24, 2.45) is 5.92 Å². The number of imide groups is 1. The molecule has 4 amide bonds. The lowest BCUT2D eigenvalue weighted by Gasteiger charge is -2.36. The van der Waals surface area contributed by atoms with Crippen molar-refractivity contribution in [3.63, 3.8) is 0 Å². The Labute approximate surface area is 141 Å². The van der Waals surface area contributed by atoms with E-state index in [1.54, 1.807) is 12.1 Å². The van der Waals surface area contributed by atoms with Crippen LogP contribution in [0.25, 0.3) is 0 Å². The molecular formula is C18H23N3O3. The molecule has 1 aromatic carbocycles. The summed E-state index contributed by atoms with van der Waals surface area (Å²) >= 11 is 0. The molecule has 2 N–H and O–H groups in total. The predicted octanol–water partition coefficient (Wildman–Crippen LogP) is 2.43. The van der Waals surface area contributed by atoms with E-state index >= 15 is 0 Å². The standard InChI is InChI=1S/C18H23N3O3/c1-12-6-8-14(9-7-12)19-15(22)11-21-16(23)18(20-17(21)24)10-4-3-5-13(18)2/h6-9,13H,3-5,10-11H2,1-2H3,(H,19,22)(H,20,24)/t13-,18+/m1/s1. The number of carbonyl (C=O) groups excluding carboxylic acids is 3. The molecule has 1 heterocycles. The lowest BCUT2D eigenvalue weighted by molar-refractivity contribution is -0.136. The number of nitrogens with zero attached hydrogens (tertiary/aromatic N) is 1. The summed E-state index contributed by atoms with van der Waals surface area (Å²) in [5, 5.41) is 5.58. The van der Waals surface area contributed by atoms with Gasteiger partial charge in [0.25, 0.3) is 5.91 Å². The minimum Gasteiger partial charge on any atom is -0.325 e. The third-order valence-electron chi connectivity index (χ3n) is 5.14. The van der Waals surface area contributed by atoms with Gasteiger partial charge in [-0.05, 0) is 37.8 Å². The lowest BCUT2D eigenvalue weighted by atomic mass is 9.73. The lowest BCUT2D eigenvalue weighted by Crippen LogP contribution is -2.54. The van der Waals surface area contributed by atoms with Crippen molar-refractivity contribution in [3.8, 4) is 0 Å². The number of carbonyl (C=O) groups is 3. The molecule has 128 valence electrons. The van der Waals surface area contributed by atoms with Gasteiger partial charge >= 0.3 is 6.03 Å². The van der Waals surface area contributed by atoms with Crippen molar-refractivity contribution in [2.75, 3.05) is 11.9 Å². The fourth-order valence-electron chi connectivity index (χ4n) is 3.62.